The number of ether oxygens (including phenoxy) is 2. The summed E-state index contributed by atoms with van der Waals surface area (Å²) in [7, 11) is 0. The number of hydrogen-bond acceptors (Lipinski definition) is 3. The van der Waals surface area contributed by atoms with Gasteiger partial charge in [-0.3, -0.25) is 0 Å². The van der Waals surface area contributed by atoms with Crippen LogP contribution in [0.4, 0.5) is 0 Å². The van der Waals surface area contributed by atoms with Gasteiger partial charge in [0.2, 0.25) is 0 Å². The van der Waals surface area contributed by atoms with Crippen LogP contribution in [0.15, 0.2) is 11.6 Å². The lowest BCUT2D eigenvalue weighted by Crippen LogP contribution is -2.20. The molecule has 15 heavy (non-hydrogen) atoms. The van der Waals surface area contributed by atoms with Crippen molar-refractivity contribution >= 4 is 5.97 Å². The second-order valence-corrected chi connectivity index (χ2v) is 3.90. The first-order valence-corrected chi connectivity index (χ1v) is 5.24. The maximum absolute atomic E-state index is 10.3. The Balaban J connectivity index is 2.12. The molecule has 0 radical (unpaired) electrons. The quantitative estimate of drug-likeness (QED) is 0.704. The van der Waals surface area contributed by atoms with Gasteiger partial charge in [-0.25, -0.2) is 4.79 Å². The minimum Gasteiger partial charge on any atom is -0.478 e. The lowest BCUT2D eigenvalue weighted by atomic mass is 10.0. The van der Waals surface area contributed by atoms with E-state index in [1.54, 1.807) is 6.92 Å². The van der Waals surface area contributed by atoms with Crippen LogP contribution in [-0.4, -0.2) is 37.5 Å². The minimum absolute atomic E-state index is 0.406. The third kappa shape index (κ3) is 5.54. The molecule has 0 atom stereocenters. The van der Waals surface area contributed by atoms with Crippen molar-refractivity contribution in [2.45, 2.75) is 19.8 Å². The zero-order valence-corrected chi connectivity index (χ0v) is 9.07. The van der Waals surface area contributed by atoms with Crippen molar-refractivity contribution in [2.24, 2.45) is 5.92 Å². The Morgan fingerprint density at radius 3 is 2.80 bits per heavy atom. The van der Waals surface area contributed by atoms with Crippen LogP contribution < -0.4 is 0 Å². The number of carboxylic acid groups (broad SMARTS) is 1. The van der Waals surface area contributed by atoms with Gasteiger partial charge in [0.05, 0.1) is 6.61 Å². The van der Waals surface area contributed by atoms with E-state index in [0.29, 0.717) is 19.1 Å². The van der Waals surface area contributed by atoms with Crippen molar-refractivity contribution in [1.29, 1.82) is 0 Å². The third-order valence-corrected chi connectivity index (χ3v) is 2.39. The molecule has 1 heterocycles. The number of hydrogen-bond donors (Lipinski definition) is 1. The van der Waals surface area contributed by atoms with Gasteiger partial charge in [0.15, 0.2) is 0 Å². The van der Waals surface area contributed by atoms with Gasteiger partial charge in [0.1, 0.15) is 0 Å². The summed E-state index contributed by atoms with van der Waals surface area (Å²) in [5, 5.41) is 8.48. The van der Waals surface area contributed by atoms with Crippen LogP contribution >= 0.6 is 0 Å². The molecule has 1 aliphatic rings. The fraction of sp³-hybridized carbons (Fsp3) is 0.727. The van der Waals surface area contributed by atoms with Crippen LogP contribution in [0.1, 0.15) is 19.8 Å². The maximum Gasteiger partial charge on any atom is 0.328 e. The van der Waals surface area contributed by atoms with E-state index in [1.165, 1.54) is 6.08 Å². The van der Waals surface area contributed by atoms with Crippen LogP contribution in [0.2, 0.25) is 0 Å². The number of aliphatic carboxylic acids is 1. The van der Waals surface area contributed by atoms with Crippen LogP contribution in [0.3, 0.4) is 0 Å². The molecule has 1 rings (SSSR count). The van der Waals surface area contributed by atoms with Crippen molar-refractivity contribution in [3.63, 3.8) is 0 Å². The standard InChI is InChI=1S/C11H18O4/c1-9(6-11(12)13)7-15-8-10-2-4-14-5-3-10/h6,10H,2-5,7-8H2,1H3,(H,12,13). The van der Waals surface area contributed by atoms with Crippen molar-refractivity contribution < 1.29 is 19.4 Å². The predicted octanol–water partition coefficient (Wildman–Crippen LogP) is 1.46. The first kappa shape index (κ1) is 12.2. The summed E-state index contributed by atoms with van der Waals surface area (Å²) < 4.78 is 10.7. The second-order valence-electron chi connectivity index (χ2n) is 3.90. The van der Waals surface area contributed by atoms with Gasteiger partial charge in [-0.05, 0) is 31.3 Å². The summed E-state index contributed by atoms with van der Waals surface area (Å²) in [6, 6.07) is 0. The molecule has 0 aromatic heterocycles. The fourth-order valence-electron chi connectivity index (χ4n) is 1.55. The van der Waals surface area contributed by atoms with Crippen molar-refractivity contribution in [1.82, 2.24) is 0 Å². The van der Waals surface area contributed by atoms with Gasteiger partial charge >= 0.3 is 5.97 Å². The lowest BCUT2D eigenvalue weighted by molar-refractivity contribution is -0.131. The normalized spacial score (nSPS) is 19.1. The molecule has 86 valence electrons. The molecule has 0 amide bonds. The summed E-state index contributed by atoms with van der Waals surface area (Å²) in [6.07, 6.45) is 3.27. The molecule has 0 saturated carbocycles. The first-order chi connectivity index (χ1) is 7.18. The molecule has 0 aromatic carbocycles. The van der Waals surface area contributed by atoms with E-state index in [2.05, 4.69) is 0 Å². The Hall–Kier alpha value is -0.870. The first-order valence-electron chi connectivity index (χ1n) is 5.24. The van der Waals surface area contributed by atoms with Crippen molar-refractivity contribution in [2.75, 3.05) is 26.4 Å². The number of carboxylic acids is 1. The molecule has 0 aromatic rings. The molecule has 4 heteroatoms. The van der Waals surface area contributed by atoms with Gasteiger partial charge in [0.25, 0.3) is 0 Å². The van der Waals surface area contributed by atoms with Crippen LogP contribution in [0, 0.1) is 5.92 Å². The van der Waals surface area contributed by atoms with Gasteiger partial charge in [-0.15, -0.1) is 0 Å². The summed E-state index contributed by atoms with van der Waals surface area (Å²) in [4.78, 5) is 10.3. The molecular weight excluding hydrogens is 196 g/mol. The van der Waals surface area contributed by atoms with Crippen molar-refractivity contribution in [3.05, 3.63) is 11.6 Å². The molecule has 0 unspecified atom stereocenters. The zero-order chi connectivity index (χ0) is 11.1. The monoisotopic (exact) mass is 214 g/mol. The van der Waals surface area contributed by atoms with E-state index in [9.17, 15) is 4.79 Å². The zero-order valence-electron chi connectivity index (χ0n) is 9.07. The molecule has 4 nitrogen and oxygen atoms in total. The molecular formula is C11H18O4. The molecule has 0 spiro atoms. The highest BCUT2D eigenvalue weighted by molar-refractivity contribution is 5.80. The maximum atomic E-state index is 10.3. The molecule has 0 aliphatic carbocycles. The van der Waals surface area contributed by atoms with Crippen LogP contribution in [0.5, 0.6) is 0 Å². The Labute approximate surface area is 89.9 Å². The van der Waals surface area contributed by atoms with E-state index in [-0.39, 0.29) is 0 Å². The third-order valence-electron chi connectivity index (χ3n) is 2.39. The fourth-order valence-corrected chi connectivity index (χ4v) is 1.55. The van der Waals surface area contributed by atoms with Gasteiger partial charge in [0, 0.05) is 25.9 Å². The summed E-state index contributed by atoms with van der Waals surface area (Å²) in [5.74, 6) is -0.349. The van der Waals surface area contributed by atoms with Crippen LogP contribution in [0.25, 0.3) is 0 Å². The van der Waals surface area contributed by atoms with Gasteiger partial charge in [-0.1, -0.05) is 0 Å². The lowest BCUT2D eigenvalue weighted by Gasteiger charge is -2.21. The average molecular weight is 214 g/mol. The molecule has 1 aliphatic heterocycles. The van der Waals surface area contributed by atoms with E-state index < -0.39 is 5.97 Å². The summed E-state index contributed by atoms with van der Waals surface area (Å²) >= 11 is 0. The highest BCUT2D eigenvalue weighted by Gasteiger charge is 2.13. The Morgan fingerprint density at radius 1 is 1.53 bits per heavy atom. The summed E-state index contributed by atoms with van der Waals surface area (Å²) in [5.41, 5.74) is 0.745. The van der Waals surface area contributed by atoms with Crippen LogP contribution in [-0.2, 0) is 14.3 Å². The van der Waals surface area contributed by atoms with E-state index >= 15 is 0 Å². The SMILES string of the molecule is CC(=CC(=O)O)COCC1CCOCC1. The number of rotatable bonds is 5. The highest BCUT2D eigenvalue weighted by Crippen LogP contribution is 2.14. The summed E-state index contributed by atoms with van der Waals surface area (Å²) in [6.45, 7) is 4.51. The minimum atomic E-state index is -0.915. The Morgan fingerprint density at radius 2 is 2.20 bits per heavy atom. The van der Waals surface area contributed by atoms with Crippen molar-refractivity contribution in [3.8, 4) is 0 Å². The van der Waals surface area contributed by atoms with E-state index in [0.717, 1.165) is 31.6 Å². The highest BCUT2D eigenvalue weighted by atomic mass is 16.5. The van der Waals surface area contributed by atoms with E-state index in [1.807, 2.05) is 0 Å². The molecule has 0 bridgehead atoms. The Bertz CT molecular complexity index is 229. The largest absolute Gasteiger partial charge is 0.478 e. The van der Waals surface area contributed by atoms with Gasteiger partial charge in [-0.2, -0.15) is 0 Å². The van der Waals surface area contributed by atoms with E-state index in [4.69, 9.17) is 14.6 Å². The van der Waals surface area contributed by atoms with Gasteiger partial charge < -0.3 is 14.6 Å². The molecule has 1 fully saturated rings. The molecule has 1 N–H and O–H groups in total. The topological polar surface area (TPSA) is 55.8 Å². The Kier molecular flexibility index (Phi) is 5.36. The smallest absolute Gasteiger partial charge is 0.328 e. The second kappa shape index (κ2) is 6.58. The number of carbonyl (C=O) groups is 1. The molecule has 1 saturated heterocycles. The predicted molar refractivity (Wildman–Crippen MR) is 55.8 cm³/mol. The average Bonchev–Trinajstić information content (AvgIpc) is 2.18.